The van der Waals surface area contributed by atoms with Gasteiger partial charge < -0.3 is 9.73 Å². The molecular formula is C18H14ClFN2O2S. The Morgan fingerprint density at radius 2 is 1.96 bits per heavy atom. The topological polar surface area (TPSA) is 55.1 Å². The predicted octanol–water partition coefficient (Wildman–Crippen LogP) is 4.54. The van der Waals surface area contributed by atoms with Crippen molar-refractivity contribution < 1.29 is 13.6 Å². The first kappa shape index (κ1) is 17.5. The lowest BCUT2D eigenvalue weighted by Crippen LogP contribution is -2.24. The van der Waals surface area contributed by atoms with Crippen LogP contribution in [0.3, 0.4) is 0 Å². The van der Waals surface area contributed by atoms with E-state index in [0.29, 0.717) is 22.6 Å². The molecule has 0 spiro atoms. The minimum absolute atomic E-state index is 0.147. The van der Waals surface area contributed by atoms with Gasteiger partial charge in [0.1, 0.15) is 5.82 Å². The van der Waals surface area contributed by atoms with Crippen molar-refractivity contribution in [1.82, 2.24) is 10.3 Å². The summed E-state index contributed by atoms with van der Waals surface area (Å²) in [6.45, 7) is 0.367. The Kier molecular flexibility index (Phi) is 5.73. The molecule has 0 radical (unpaired) electrons. The Balaban J connectivity index is 1.51. The first-order chi connectivity index (χ1) is 12.1. The first-order valence-corrected chi connectivity index (χ1v) is 8.83. The second kappa shape index (κ2) is 8.18. The van der Waals surface area contributed by atoms with Crippen molar-refractivity contribution in [2.24, 2.45) is 0 Å². The number of benzene rings is 2. The monoisotopic (exact) mass is 376 g/mol. The number of aromatic nitrogens is 1. The van der Waals surface area contributed by atoms with Gasteiger partial charge in [0, 0.05) is 17.1 Å². The number of hydrogen-bond acceptors (Lipinski definition) is 4. The Hall–Kier alpha value is -2.31. The number of hydrogen-bond donors (Lipinski definition) is 1. The van der Waals surface area contributed by atoms with Crippen molar-refractivity contribution in [1.29, 1.82) is 0 Å². The molecule has 1 heterocycles. The fourth-order valence-corrected chi connectivity index (χ4v) is 2.92. The predicted molar refractivity (Wildman–Crippen MR) is 95.9 cm³/mol. The van der Waals surface area contributed by atoms with Crippen LogP contribution in [0.1, 0.15) is 5.56 Å². The molecule has 4 nitrogen and oxygen atoms in total. The molecule has 0 aliphatic carbocycles. The van der Waals surface area contributed by atoms with Crippen LogP contribution in [-0.2, 0) is 11.3 Å². The molecule has 1 N–H and O–H groups in total. The third kappa shape index (κ3) is 4.84. The van der Waals surface area contributed by atoms with Crippen LogP contribution in [0.4, 0.5) is 4.39 Å². The molecule has 25 heavy (non-hydrogen) atoms. The van der Waals surface area contributed by atoms with Crippen LogP contribution in [0.15, 0.2) is 64.4 Å². The maximum Gasteiger partial charge on any atom is 0.256 e. The summed E-state index contributed by atoms with van der Waals surface area (Å²) in [6, 6.07) is 13.3. The summed E-state index contributed by atoms with van der Waals surface area (Å²) in [5.74, 6) is 0.242. The van der Waals surface area contributed by atoms with Gasteiger partial charge in [0.25, 0.3) is 5.22 Å². The zero-order chi connectivity index (χ0) is 17.6. The van der Waals surface area contributed by atoms with E-state index in [1.807, 2.05) is 18.2 Å². The van der Waals surface area contributed by atoms with E-state index in [1.165, 1.54) is 23.9 Å². The summed E-state index contributed by atoms with van der Waals surface area (Å²) < 4.78 is 18.5. The molecule has 0 bridgehead atoms. The van der Waals surface area contributed by atoms with Crippen LogP contribution in [0.25, 0.3) is 11.3 Å². The zero-order valence-corrected chi connectivity index (χ0v) is 14.6. The number of thioether (sulfide) groups is 1. The number of rotatable bonds is 6. The highest BCUT2D eigenvalue weighted by molar-refractivity contribution is 7.99. The second-order valence-corrected chi connectivity index (χ2v) is 6.49. The van der Waals surface area contributed by atoms with Crippen molar-refractivity contribution in [3.8, 4) is 11.3 Å². The van der Waals surface area contributed by atoms with Gasteiger partial charge in [0.15, 0.2) is 5.76 Å². The van der Waals surface area contributed by atoms with Crippen molar-refractivity contribution in [2.75, 3.05) is 5.75 Å². The van der Waals surface area contributed by atoms with E-state index in [4.69, 9.17) is 16.0 Å². The Morgan fingerprint density at radius 3 is 2.72 bits per heavy atom. The van der Waals surface area contributed by atoms with E-state index in [0.717, 1.165) is 11.1 Å². The SMILES string of the molecule is O=C(CSc1ncc(-c2ccc(F)cc2)o1)NCc1ccccc1Cl. The van der Waals surface area contributed by atoms with E-state index in [2.05, 4.69) is 10.3 Å². The Labute approximate surface area is 153 Å². The zero-order valence-electron chi connectivity index (χ0n) is 13.0. The lowest BCUT2D eigenvalue weighted by atomic mass is 10.2. The van der Waals surface area contributed by atoms with Crippen molar-refractivity contribution in [3.63, 3.8) is 0 Å². The standard InChI is InChI=1S/C18H14ClFN2O2S/c19-15-4-2-1-3-13(15)9-21-17(23)11-25-18-22-10-16(24-18)12-5-7-14(20)8-6-12/h1-8,10H,9,11H2,(H,21,23). The fraction of sp³-hybridized carbons (Fsp3) is 0.111. The number of carbonyl (C=O) groups is 1. The largest absolute Gasteiger partial charge is 0.431 e. The van der Waals surface area contributed by atoms with Gasteiger partial charge in [-0.25, -0.2) is 9.37 Å². The van der Waals surface area contributed by atoms with Crippen LogP contribution in [0.5, 0.6) is 0 Å². The van der Waals surface area contributed by atoms with Gasteiger partial charge in [-0.15, -0.1) is 0 Å². The molecule has 0 unspecified atom stereocenters. The molecule has 0 aliphatic heterocycles. The third-order valence-corrected chi connectivity index (χ3v) is 4.58. The first-order valence-electron chi connectivity index (χ1n) is 7.46. The van der Waals surface area contributed by atoms with Gasteiger partial charge in [0.2, 0.25) is 5.91 Å². The van der Waals surface area contributed by atoms with Crippen molar-refractivity contribution >= 4 is 29.3 Å². The van der Waals surface area contributed by atoms with E-state index >= 15 is 0 Å². The summed E-state index contributed by atoms with van der Waals surface area (Å²) in [4.78, 5) is 16.0. The summed E-state index contributed by atoms with van der Waals surface area (Å²) in [6.07, 6.45) is 1.55. The quantitative estimate of drug-likeness (QED) is 0.641. The summed E-state index contributed by atoms with van der Waals surface area (Å²) in [5.41, 5.74) is 1.58. The third-order valence-electron chi connectivity index (χ3n) is 3.37. The molecule has 7 heteroatoms. The highest BCUT2D eigenvalue weighted by atomic mass is 35.5. The minimum Gasteiger partial charge on any atom is -0.431 e. The molecule has 1 aromatic heterocycles. The van der Waals surface area contributed by atoms with Gasteiger partial charge >= 0.3 is 0 Å². The molecular weight excluding hydrogens is 363 g/mol. The molecule has 0 fully saturated rings. The van der Waals surface area contributed by atoms with Crippen LogP contribution in [0.2, 0.25) is 5.02 Å². The number of carbonyl (C=O) groups excluding carboxylic acids is 1. The van der Waals surface area contributed by atoms with Gasteiger partial charge in [-0.05, 0) is 35.9 Å². The summed E-state index contributed by atoms with van der Waals surface area (Å²) in [7, 11) is 0. The summed E-state index contributed by atoms with van der Waals surface area (Å²) in [5, 5.41) is 3.80. The smallest absolute Gasteiger partial charge is 0.256 e. The summed E-state index contributed by atoms with van der Waals surface area (Å²) >= 11 is 7.24. The van der Waals surface area contributed by atoms with E-state index in [9.17, 15) is 9.18 Å². The number of oxazole rings is 1. The van der Waals surface area contributed by atoms with Gasteiger partial charge in [-0.2, -0.15) is 0 Å². The van der Waals surface area contributed by atoms with Gasteiger partial charge in [0.05, 0.1) is 11.9 Å². The van der Waals surface area contributed by atoms with Crippen LogP contribution in [0, 0.1) is 5.82 Å². The maximum absolute atomic E-state index is 12.9. The molecule has 0 aliphatic rings. The van der Waals surface area contributed by atoms with Gasteiger partial charge in [-0.3, -0.25) is 4.79 Å². The number of halogens is 2. The normalized spacial score (nSPS) is 10.6. The average molecular weight is 377 g/mol. The molecule has 0 saturated heterocycles. The Bertz CT molecular complexity index is 868. The van der Waals surface area contributed by atoms with Crippen LogP contribution < -0.4 is 5.32 Å². The van der Waals surface area contributed by atoms with Crippen molar-refractivity contribution in [2.45, 2.75) is 11.8 Å². The lowest BCUT2D eigenvalue weighted by molar-refractivity contribution is -0.118. The average Bonchev–Trinajstić information content (AvgIpc) is 3.09. The number of amides is 1. The molecule has 3 aromatic rings. The van der Waals surface area contributed by atoms with E-state index < -0.39 is 0 Å². The van der Waals surface area contributed by atoms with E-state index in [-0.39, 0.29) is 17.5 Å². The lowest BCUT2D eigenvalue weighted by Gasteiger charge is -2.05. The highest BCUT2D eigenvalue weighted by Crippen LogP contribution is 2.25. The fourth-order valence-electron chi connectivity index (χ4n) is 2.09. The molecule has 0 atom stereocenters. The number of nitrogens with zero attached hydrogens (tertiary/aromatic N) is 1. The second-order valence-electron chi connectivity index (χ2n) is 5.15. The highest BCUT2D eigenvalue weighted by Gasteiger charge is 2.10. The maximum atomic E-state index is 12.9. The molecule has 2 aromatic carbocycles. The molecule has 128 valence electrons. The van der Waals surface area contributed by atoms with Crippen LogP contribution >= 0.6 is 23.4 Å². The molecule has 1 amide bonds. The van der Waals surface area contributed by atoms with Gasteiger partial charge in [-0.1, -0.05) is 41.6 Å². The Morgan fingerprint density at radius 1 is 1.20 bits per heavy atom. The minimum atomic E-state index is -0.312. The number of nitrogens with one attached hydrogen (secondary N) is 1. The van der Waals surface area contributed by atoms with E-state index in [1.54, 1.807) is 24.4 Å². The molecule has 3 rings (SSSR count). The molecule has 0 saturated carbocycles. The van der Waals surface area contributed by atoms with Crippen LogP contribution in [-0.4, -0.2) is 16.6 Å². The van der Waals surface area contributed by atoms with Crippen molar-refractivity contribution in [3.05, 3.63) is 71.1 Å².